The zero-order valence-corrected chi connectivity index (χ0v) is 16.2. The van der Waals surface area contributed by atoms with Crippen molar-refractivity contribution in [3.63, 3.8) is 0 Å². The van der Waals surface area contributed by atoms with E-state index in [2.05, 4.69) is 21.9 Å². The van der Waals surface area contributed by atoms with Crippen LogP contribution in [0.25, 0.3) is 11.3 Å². The van der Waals surface area contributed by atoms with Crippen molar-refractivity contribution in [1.29, 1.82) is 0 Å². The number of rotatable bonds is 3. The van der Waals surface area contributed by atoms with E-state index >= 15 is 0 Å². The SMILES string of the molecule is Cc1cccc(CN2C(=O)c3cc(-c4nc(Cl)ncc4C)cn3C[C@@H]2C)n1. The van der Waals surface area contributed by atoms with E-state index in [0.717, 1.165) is 34.8 Å². The number of hydrogen-bond acceptors (Lipinski definition) is 4. The number of carbonyl (C=O) groups is 1. The fourth-order valence-electron chi connectivity index (χ4n) is 3.50. The van der Waals surface area contributed by atoms with Crippen molar-refractivity contribution < 1.29 is 4.79 Å². The number of aryl methyl sites for hydroxylation is 2. The molecule has 6 nitrogen and oxygen atoms in total. The van der Waals surface area contributed by atoms with E-state index in [1.807, 2.05) is 53.8 Å². The lowest BCUT2D eigenvalue weighted by molar-refractivity contribution is 0.0592. The summed E-state index contributed by atoms with van der Waals surface area (Å²) in [5.41, 5.74) is 5.06. The maximum atomic E-state index is 13.1. The molecule has 4 rings (SSSR count). The highest BCUT2D eigenvalue weighted by Gasteiger charge is 2.31. The van der Waals surface area contributed by atoms with Gasteiger partial charge in [0, 0.05) is 36.2 Å². The first kappa shape index (κ1) is 17.7. The van der Waals surface area contributed by atoms with Crippen LogP contribution in [0.1, 0.15) is 34.4 Å². The molecule has 27 heavy (non-hydrogen) atoms. The Kier molecular flexibility index (Phi) is 4.44. The van der Waals surface area contributed by atoms with E-state index in [0.29, 0.717) is 12.2 Å². The van der Waals surface area contributed by atoms with Crippen molar-refractivity contribution in [3.05, 3.63) is 64.6 Å². The quantitative estimate of drug-likeness (QED) is 0.649. The molecule has 1 atom stereocenters. The van der Waals surface area contributed by atoms with Crippen LogP contribution in [-0.4, -0.2) is 36.4 Å². The van der Waals surface area contributed by atoms with Gasteiger partial charge in [-0.1, -0.05) is 6.07 Å². The van der Waals surface area contributed by atoms with Crippen LogP contribution in [0, 0.1) is 13.8 Å². The van der Waals surface area contributed by atoms with Crippen molar-refractivity contribution >= 4 is 17.5 Å². The largest absolute Gasteiger partial charge is 0.341 e. The average Bonchev–Trinajstić information content (AvgIpc) is 3.04. The van der Waals surface area contributed by atoms with Gasteiger partial charge in [0.1, 0.15) is 5.69 Å². The van der Waals surface area contributed by atoms with Crippen molar-refractivity contribution in [1.82, 2.24) is 24.4 Å². The van der Waals surface area contributed by atoms with Gasteiger partial charge in [0.15, 0.2) is 0 Å². The number of aromatic nitrogens is 4. The number of pyridine rings is 1. The third kappa shape index (κ3) is 3.32. The van der Waals surface area contributed by atoms with Gasteiger partial charge in [0.2, 0.25) is 5.28 Å². The molecule has 1 amide bonds. The summed E-state index contributed by atoms with van der Waals surface area (Å²) in [5.74, 6) is 0.00103. The number of nitrogens with zero attached hydrogens (tertiary/aromatic N) is 5. The Labute approximate surface area is 162 Å². The zero-order valence-electron chi connectivity index (χ0n) is 15.5. The predicted octanol–water partition coefficient (Wildman–Crippen LogP) is 3.65. The topological polar surface area (TPSA) is 63.9 Å². The van der Waals surface area contributed by atoms with Crippen LogP contribution in [-0.2, 0) is 13.1 Å². The van der Waals surface area contributed by atoms with Gasteiger partial charge >= 0.3 is 0 Å². The van der Waals surface area contributed by atoms with Gasteiger partial charge in [0.05, 0.1) is 17.9 Å². The molecule has 4 heterocycles. The Morgan fingerprint density at radius 3 is 2.85 bits per heavy atom. The normalized spacial score (nSPS) is 16.5. The smallest absolute Gasteiger partial charge is 0.271 e. The standard InChI is InChI=1S/C20H20ClN5O/c1-12-8-22-20(21)24-18(12)15-7-17-19(27)26(14(3)9-25(17)10-15)11-16-6-4-5-13(2)23-16/h4-8,10,14H,9,11H2,1-3H3/t14-/m0/s1. The molecular weight excluding hydrogens is 362 g/mol. The average molecular weight is 382 g/mol. The molecule has 138 valence electrons. The minimum absolute atomic E-state index is 0.00103. The van der Waals surface area contributed by atoms with Gasteiger partial charge in [-0.05, 0) is 56.1 Å². The van der Waals surface area contributed by atoms with Gasteiger partial charge in [-0.3, -0.25) is 9.78 Å². The van der Waals surface area contributed by atoms with Crippen molar-refractivity contribution in [2.45, 2.75) is 39.9 Å². The lowest BCUT2D eigenvalue weighted by atomic mass is 10.1. The second kappa shape index (κ2) is 6.78. The first-order chi connectivity index (χ1) is 12.9. The molecule has 1 aliphatic heterocycles. The van der Waals surface area contributed by atoms with Crippen molar-refractivity contribution in [3.8, 4) is 11.3 Å². The summed E-state index contributed by atoms with van der Waals surface area (Å²) in [4.78, 5) is 27.9. The van der Waals surface area contributed by atoms with Crippen LogP contribution in [0.2, 0.25) is 5.28 Å². The van der Waals surface area contributed by atoms with Crippen molar-refractivity contribution in [2.75, 3.05) is 0 Å². The number of carbonyl (C=O) groups excluding carboxylic acids is 1. The van der Waals surface area contributed by atoms with E-state index in [-0.39, 0.29) is 17.2 Å². The second-order valence-corrected chi connectivity index (χ2v) is 7.33. The molecule has 0 aliphatic carbocycles. The zero-order chi connectivity index (χ0) is 19.1. The molecule has 1 aliphatic rings. The molecule has 0 spiro atoms. The fourth-order valence-corrected chi connectivity index (χ4v) is 3.64. The van der Waals surface area contributed by atoms with Gasteiger partial charge in [-0.15, -0.1) is 0 Å². The first-order valence-electron chi connectivity index (χ1n) is 8.85. The lowest BCUT2D eigenvalue weighted by Gasteiger charge is -2.34. The minimum atomic E-state index is 0.00103. The highest BCUT2D eigenvalue weighted by molar-refractivity contribution is 6.28. The first-order valence-corrected chi connectivity index (χ1v) is 9.23. The molecule has 0 N–H and O–H groups in total. The van der Waals surface area contributed by atoms with Gasteiger partial charge in [-0.2, -0.15) is 0 Å². The third-order valence-corrected chi connectivity index (χ3v) is 5.05. The Morgan fingerprint density at radius 2 is 2.07 bits per heavy atom. The molecule has 0 aromatic carbocycles. The lowest BCUT2D eigenvalue weighted by Crippen LogP contribution is -2.45. The number of amides is 1. The van der Waals surface area contributed by atoms with Gasteiger partial charge in [0.25, 0.3) is 5.91 Å². The van der Waals surface area contributed by atoms with Crippen LogP contribution < -0.4 is 0 Å². The van der Waals surface area contributed by atoms with Crippen molar-refractivity contribution in [2.24, 2.45) is 0 Å². The molecule has 0 saturated heterocycles. The predicted molar refractivity (Wildman–Crippen MR) is 104 cm³/mol. The summed E-state index contributed by atoms with van der Waals surface area (Å²) >= 11 is 5.96. The molecule has 3 aromatic rings. The Balaban J connectivity index is 1.67. The van der Waals surface area contributed by atoms with Crippen LogP contribution in [0.4, 0.5) is 0 Å². The van der Waals surface area contributed by atoms with E-state index in [9.17, 15) is 4.79 Å². The molecular formula is C20H20ClN5O. The molecule has 0 radical (unpaired) electrons. The summed E-state index contributed by atoms with van der Waals surface area (Å²) < 4.78 is 2.00. The van der Waals surface area contributed by atoms with Crippen LogP contribution >= 0.6 is 11.6 Å². The molecule has 0 unspecified atom stereocenters. The number of fused-ring (bicyclic) bond motifs is 1. The van der Waals surface area contributed by atoms with Crippen LogP contribution in [0.3, 0.4) is 0 Å². The molecule has 0 saturated carbocycles. The highest BCUT2D eigenvalue weighted by Crippen LogP contribution is 2.28. The molecule has 3 aromatic heterocycles. The third-order valence-electron chi connectivity index (χ3n) is 4.86. The van der Waals surface area contributed by atoms with Gasteiger partial charge in [-0.25, -0.2) is 9.97 Å². The molecule has 7 heteroatoms. The summed E-state index contributed by atoms with van der Waals surface area (Å²) in [6, 6.07) is 7.84. The summed E-state index contributed by atoms with van der Waals surface area (Å²) in [7, 11) is 0. The Bertz CT molecular complexity index is 1030. The van der Waals surface area contributed by atoms with E-state index in [1.54, 1.807) is 6.20 Å². The summed E-state index contributed by atoms with van der Waals surface area (Å²) in [5, 5.41) is 0.201. The maximum Gasteiger partial charge on any atom is 0.271 e. The van der Waals surface area contributed by atoms with E-state index in [1.165, 1.54) is 0 Å². The molecule has 0 fully saturated rings. The van der Waals surface area contributed by atoms with E-state index < -0.39 is 0 Å². The van der Waals surface area contributed by atoms with Gasteiger partial charge < -0.3 is 9.47 Å². The van der Waals surface area contributed by atoms with Crippen LogP contribution in [0.15, 0.2) is 36.7 Å². The van der Waals surface area contributed by atoms with Crippen LogP contribution in [0.5, 0.6) is 0 Å². The minimum Gasteiger partial charge on any atom is -0.341 e. The monoisotopic (exact) mass is 381 g/mol. The number of halogens is 1. The molecule has 0 bridgehead atoms. The number of hydrogen-bond donors (Lipinski definition) is 0. The summed E-state index contributed by atoms with van der Waals surface area (Å²) in [6.45, 7) is 7.18. The fraction of sp³-hybridized carbons (Fsp3) is 0.300. The Morgan fingerprint density at radius 1 is 1.26 bits per heavy atom. The summed E-state index contributed by atoms with van der Waals surface area (Å²) in [6.07, 6.45) is 3.67. The van der Waals surface area contributed by atoms with E-state index in [4.69, 9.17) is 11.6 Å². The Hall–Kier alpha value is -2.73. The highest BCUT2D eigenvalue weighted by atomic mass is 35.5. The second-order valence-electron chi connectivity index (χ2n) is 6.99. The maximum absolute atomic E-state index is 13.1.